The van der Waals surface area contributed by atoms with Crippen molar-refractivity contribution in [2.75, 3.05) is 18.1 Å². The van der Waals surface area contributed by atoms with E-state index in [2.05, 4.69) is 0 Å². The molecule has 0 aliphatic carbocycles. The minimum atomic E-state index is -0.180. The van der Waals surface area contributed by atoms with E-state index < -0.39 is 0 Å². The van der Waals surface area contributed by atoms with Crippen LogP contribution < -0.4 is 14.4 Å². The Kier molecular flexibility index (Phi) is 6.03. The third-order valence-corrected chi connectivity index (χ3v) is 5.08. The summed E-state index contributed by atoms with van der Waals surface area (Å²) in [5.74, 6) is 1.01. The van der Waals surface area contributed by atoms with Crippen LogP contribution >= 0.6 is 24.0 Å². The Morgan fingerprint density at radius 3 is 2.48 bits per heavy atom. The highest BCUT2D eigenvalue weighted by atomic mass is 32.2. The second kappa shape index (κ2) is 8.45. The van der Waals surface area contributed by atoms with Crippen LogP contribution in [0.2, 0.25) is 0 Å². The van der Waals surface area contributed by atoms with Crippen molar-refractivity contribution < 1.29 is 19.4 Å². The van der Waals surface area contributed by atoms with Crippen molar-refractivity contribution in [1.29, 1.82) is 0 Å². The Morgan fingerprint density at radius 2 is 1.81 bits per heavy atom. The Morgan fingerprint density at radius 1 is 1.11 bits per heavy atom. The molecular weight excluding hydrogens is 382 g/mol. The standard InChI is InChI=1S/C20H19NO4S2/c1-3-24-15-8-6-14(7-9-15)21-19(23)18(27-20(21)26)12-13-5-10-16(22)17(11-13)25-4-2/h5-12,22H,3-4H2,1-2H3/b18-12+. The molecule has 1 aliphatic rings. The van der Waals surface area contributed by atoms with Crippen LogP contribution in [0.15, 0.2) is 47.4 Å². The molecule has 0 atom stereocenters. The fourth-order valence-corrected chi connectivity index (χ4v) is 3.89. The molecular formula is C20H19NO4S2. The van der Waals surface area contributed by atoms with Crippen molar-refractivity contribution in [3.05, 3.63) is 52.9 Å². The van der Waals surface area contributed by atoms with Gasteiger partial charge in [0.15, 0.2) is 15.8 Å². The number of phenols is 1. The third kappa shape index (κ3) is 4.26. The quantitative estimate of drug-likeness (QED) is 0.564. The highest BCUT2D eigenvalue weighted by molar-refractivity contribution is 8.27. The molecule has 5 nitrogen and oxygen atoms in total. The van der Waals surface area contributed by atoms with Gasteiger partial charge in [0.25, 0.3) is 5.91 Å². The van der Waals surface area contributed by atoms with Crippen molar-refractivity contribution in [2.24, 2.45) is 0 Å². The van der Waals surface area contributed by atoms with Gasteiger partial charge in [-0.15, -0.1) is 0 Å². The Balaban J connectivity index is 1.85. The SMILES string of the molecule is CCOc1ccc(N2C(=O)/C(=C\c3ccc(O)c(OCC)c3)SC2=S)cc1. The lowest BCUT2D eigenvalue weighted by Crippen LogP contribution is -2.27. The zero-order valence-electron chi connectivity index (χ0n) is 15.0. The van der Waals surface area contributed by atoms with Gasteiger partial charge in [-0.2, -0.15) is 0 Å². The van der Waals surface area contributed by atoms with Crippen LogP contribution in [-0.4, -0.2) is 28.5 Å². The van der Waals surface area contributed by atoms with E-state index in [1.165, 1.54) is 16.7 Å². The molecule has 1 saturated heterocycles. The highest BCUT2D eigenvalue weighted by Gasteiger charge is 2.33. The molecule has 2 aromatic carbocycles. The number of carbonyl (C=O) groups is 1. The Hall–Kier alpha value is -2.51. The molecule has 1 heterocycles. The van der Waals surface area contributed by atoms with E-state index >= 15 is 0 Å². The molecule has 7 heteroatoms. The second-order valence-corrected chi connectivity index (χ2v) is 7.28. The van der Waals surface area contributed by atoms with E-state index in [1.807, 2.05) is 38.1 Å². The number of hydrogen-bond donors (Lipinski definition) is 1. The molecule has 0 spiro atoms. The van der Waals surface area contributed by atoms with Gasteiger partial charge >= 0.3 is 0 Å². The summed E-state index contributed by atoms with van der Waals surface area (Å²) in [6.07, 6.45) is 1.75. The fraction of sp³-hybridized carbons (Fsp3) is 0.200. The molecule has 0 unspecified atom stereocenters. The number of aromatic hydroxyl groups is 1. The van der Waals surface area contributed by atoms with Crippen molar-refractivity contribution in [3.8, 4) is 17.2 Å². The first-order chi connectivity index (χ1) is 13.0. The molecule has 0 aromatic heterocycles. The summed E-state index contributed by atoms with van der Waals surface area (Å²) in [7, 11) is 0. The van der Waals surface area contributed by atoms with E-state index in [4.69, 9.17) is 21.7 Å². The van der Waals surface area contributed by atoms with Crippen molar-refractivity contribution in [1.82, 2.24) is 0 Å². The number of phenolic OH excluding ortho intramolecular Hbond substituents is 1. The number of rotatable bonds is 6. The van der Waals surface area contributed by atoms with Gasteiger partial charge in [0.2, 0.25) is 0 Å². The number of thioether (sulfide) groups is 1. The van der Waals surface area contributed by atoms with E-state index in [-0.39, 0.29) is 11.7 Å². The zero-order valence-corrected chi connectivity index (χ0v) is 16.6. The number of thiocarbonyl (C=S) groups is 1. The lowest BCUT2D eigenvalue weighted by molar-refractivity contribution is -0.113. The Labute approximate surface area is 167 Å². The fourth-order valence-electron chi connectivity index (χ4n) is 2.59. The molecule has 1 N–H and O–H groups in total. The first kappa shape index (κ1) is 19.3. The summed E-state index contributed by atoms with van der Waals surface area (Å²) in [5.41, 5.74) is 1.45. The lowest BCUT2D eigenvalue weighted by atomic mass is 10.2. The Bertz CT molecular complexity index is 893. The predicted octanol–water partition coefficient (Wildman–Crippen LogP) is 4.60. The summed E-state index contributed by atoms with van der Waals surface area (Å²) in [5, 5.41) is 9.82. The first-order valence-corrected chi connectivity index (χ1v) is 9.72. The van der Waals surface area contributed by atoms with Gasteiger partial charge in [0.1, 0.15) is 5.75 Å². The number of nitrogens with zero attached hydrogens (tertiary/aromatic N) is 1. The monoisotopic (exact) mass is 401 g/mol. The van der Waals surface area contributed by atoms with E-state index in [0.29, 0.717) is 33.9 Å². The number of benzene rings is 2. The van der Waals surface area contributed by atoms with Gasteiger partial charge in [0, 0.05) is 0 Å². The van der Waals surface area contributed by atoms with Gasteiger partial charge in [-0.1, -0.05) is 30.0 Å². The summed E-state index contributed by atoms with van der Waals surface area (Å²) in [4.78, 5) is 14.9. The number of anilines is 1. The topological polar surface area (TPSA) is 59.0 Å². The minimum absolute atomic E-state index is 0.0657. The molecule has 1 amide bonds. The average molecular weight is 402 g/mol. The molecule has 3 rings (SSSR count). The maximum absolute atomic E-state index is 12.8. The number of carbonyl (C=O) groups excluding carboxylic acids is 1. The first-order valence-electron chi connectivity index (χ1n) is 8.50. The molecule has 140 valence electrons. The minimum Gasteiger partial charge on any atom is -0.504 e. The smallest absolute Gasteiger partial charge is 0.270 e. The zero-order chi connectivity index (χ0) is 19.4. The van der Waals surface area contributed by atoms with Crippen molar-refractivity contribution in [2.45, 2.75) is 13.8 Å². The third-order valence-electron chi connectivity index (χ3n) is 3.78. The maximum atomic E-state index is 12.8. The molecule has 0 radical (unpaired) electrons. The van der Waals surface area contributed by atoms with Crippen LogP contribution in [0.5, 0.6) is 17.2 Å². The van der Waals surface area contributed by atoms with Gasteiger partial charge < -0.3 is 14.6 Å². The summed E-state index contributed by atoms with van der Waals surface area (Å²) < 4.78 is 11.3. The van der Waals surface area contributed by atoms with Crippen LogP contribution in [0.3, 0.4) is 0 Å². The summed E-state index contributed by atoms with van der Waals surface area (Å²) in [6.45, 7) is 4.78. The lowest BCUT2D eigenvalue weighted by Gasteiger charge is -2.15. The van der Waals surface area contributed by atoms with Gasteiger partial charge in [0.05, 0.1) is 23.8 Å². The maximum Gasteiger partial charge on any atom is 0.270 e. The molecule has 1 aliphatic heterocycles. The van der Waals surface area contributed by atoms with Crippen LogP contribution in [-0.2, 0) is 4.79 Å². The van der Waals surface area contributed by atoms with E-state index in [1.54, 1.807) is 24.3 Å². The van der Waals surface area contributed by atoms with Gasteiger partial charge in [-0.3, -0.25) is 9.69 Å². The molecule has 27 heavy (non-hydrogen) atoms. The van der Waals surface area contributed by atoms with E-state index in [9.17, 15) is 9.90 Å². The van der Waals surface area contributed by atoms with Gasteiger partial charge in [-0.05, 0) is 61.9 Å². The molecule has 1 fully saturated rings. The normalized spacial score (nSPS) is 15.5. The van der Waals surface area contributed by atoms with Crippen LogP contribution in [0, 0.1) is 0 Å². The number of hydrogen-bond acceptors (Lipinski definition) is 6. The average Bonchev–Trinajstić information content (AvgIpc) is 2.93. The van der Waals surface area contributed by atoms with Crippen molar-refractivity contribution in [3.63, 3.8) is 0 Å². The highest BCUT2D eigenvalue weighted by Crippen LogP contribution is 2.37. The number of amides is 1. The van der Waals surface area contributed by atoms with Crippen LogP contribution in [0.4, 0.5) is 5.69 Å². The van der Waals surface area contributed by atoms with Crippen LogP contribution in [0.1, 0.15) is 19.4 Å². The largest absolute Gasteiger partial charge is 0.504 e. The van der Waals surface area contributed by atoms with Gasteiger partial charge in [-0.25, -0.2) is 0 Å². The molecule has 0 saturated carbocycles. The van der Waals surface area contributed by atoms with E-state index in [0.717, 1.165) is 11.3 Å². The number of ether oxygens (including phenoxy) is 2. The summed E-state index contributed by atoms with van der Waals surface area (Å²) in [6, 6.07) is 12.2. The predicted molar refractivity (Wildman–Crippen MR) is 113 cm³/mol. The molecule has 2 aromatic rings. The summed E-state index contributed by atoms with van der Waals surface area (Å²) >= 11 is 6.64. The van der Waals surface area contributed by atoms with Crippen LogP contribution in [0.25, 0.3) is 6.08 Å². The molecule has 0 bridgehead atoms. The van der Waals surface area contributed by atoms with Crippen molar-refractivity contribution >= 4 is 46.0 Å². The second-order valence-electron chi connectivity index (χ2n) is 5.60.